The maximum absolute atomic E-state index is 5.71. The quantitative estimate of drug-likeness (QED) is 0.413. The maximum Gasteiger partial charge on any atom is 2.00 e. The van der Waals surface area contributed by atoms with E-state index in [4.69, 9.17) is 22.2 Å². The predicted molar refractivity (Wildman–Crippen MR) is 85.5 cm³/mol. The zero-order chi connectivity index (χ0) is 13.5. The Balaban J connectivity index is -0.000000214. The van der Waals surface area contributed by atoms with Crippen LogP contribution in [0.25, 0.3) is 0 Å². The van der Waals surface area contributed by atoms with Crippen molar-refractivity contribution < 1.29 is 19.5 Å². The molecule has 0 atom stereocenters. The van der Waals surface area contributed by atoms with E-state index in [1.807, 2.05) is 30.3 Å². The van der Waals surface area contributed by atoms with Gasteiger partial charge in [-0.2, -0.15) is 12.8 Å². The van der Waals surface area contributed by atoms with Crippen molar-refractivity contribution in [2.75, 3.05) is 0 Å². The fourth-order valence-electron chi connectivity index (χ4n) is 0.599. The molecule has 0 aliphatic rings. The Bertz CT molecular complexity index is 222. The van der Waals surface area contributed by atoms with Crippen molar-refractivity contribution in [1.29, 1.82) is 0 Å². The van der Waals surface area contributed by atoms with Crippen LogP contribution in [0, 0.1) is 13.8 Å². The van der Waals surface area contributed by atoms with Crippen molar-refractivity contribution in [1.82, 2.24) is 0 Å². The fraction of sp³-hybridized carbons (Fsp3) is 0.429. The molecular formula is C14H24Cl2SiZn. The molecule has 0 N–H and O–H groups in total. The Morgan fingerprint density at radius 1 is 0.944 bits per heavy atom. The molecule has 0 amide bonds. The number of halogens is 2. The molecule has 0 spiro atoms. The Morgan fingerprint density at radius 3 is 1.44 bits per heavy atom. The molecule has 100 valence electrons. The van der Waals surface area contributed by atoms with E-state index < -0.39 is 7.42 Å². The molecule has 0 bridgehead atoms. The van der Waals surface area contributed by atoms with Crippen molar-refractivity contribution in [3.8, 4) is 0 Å². The molecule has 0 aliphatic heterocycles. The minimum atomic E-state index is -1.58. The monoisotopic (exact) mass is 354 g/mol. The molecule has 1 aromatic carbocycles. The van der Waals surface area contributed by atoms with Gasteiger partial charge in [-0.15, -0.1) is 22.2 Å². The van der Waals surface area contributed by atoms with Crippen LogP contribution in [0.4, 0.5) is 0 Å². The van der Waals surface area contributed by atoms with Gasteiger partial charge in [-0.05, 0) is 5.19 Å². The van der Waals surface area contributed by atoms with Gasteiger partial charge in [0.2, 0.25) is 0 Å². The molecular weight excluding hydrogens is 333 g/mol. The zero-order valence-electron chi connectivity index (χ0n) is 11.7. The predicted octanol–water partition coefficient (Wildman–Crippen LogP) is 4.83. The minimum absolute atomic E-state index is 0. The van der Waals surface area contributed by atoms with Gasteiger partial charge in [0.15, 0.2) is 0 Å². The van der Waals surface area contributed by atoms with E-state index in [1.54, 1.807) is 0 Å². The normalized spacial score (nSPS) is 8.39. The van der Waals surface area contributed by atoms with Gasteiger partial charge in [-0.1, -0.05) is 57.0 Å². The Morgan fingerprint density at radius 2 is 1.28 bits per heavy atom. The van der Waals surface area contributed by atoms with Crippen LogP contribution in [0.5, 0.6) is 0 Å². The van der Waals surface area contributed by atoms with Crippen LogP contribution in [-0.2, 0) is 19.5 Å². The average Bonchev–Trinajstić information content (AvgIpc) is 2.40. The number of rotatable bonds is 3. The summed E-state index contributed by atoms with van der Waals surface area (Å²) in [6.07, 6.45) is 4.56. The van der Waals surface area contributed by atoms with Crippen LogP contribution >= 0.6 is 22.2 Å². The first kappa shape index (κ1) is 23.7. The second kappa shape index (κ2) is 20.0. The molecule has 0 fully saturated rings. The van der Waals surface area contributed by atoms with E-state index in [1.165, 1.54) is 12.8 Å². The smallest absolute Gasteiger partial charge is 0.343 e. The molecule has 0 unspecified atom stereocenters. The number of unbranched alkanes of at least 4 members (excludes halogenated alkanes) is 2. The van der Waals surface area contributed by atoms with Gasteiger partial charge in [-0.3, -0.25) is 0 Å². The van der Waals surface area contributed by atoms with Gasteiger partial charge >= 0.3 is 19.5 Å². The van der Waals surface area contributed by atoms with Crippen LogP contribution in [-0.4, -0.2) is 7.42 Å². The molecule has 0 saturated heterocycles. The Kier molecular flexibility index (Phi) is 26.3. The maximum atomic E-state index is 5.71. The van der Waals surface area contributed by atoms with Crippen LogP contribution in [0.2, 0.25) is 0 Å². The largest absolute Gasteiger partial charge is 2.00 e. The first-order chi connectivity index (χ1) is 8.13. The number of hydrogen-bond donors (Lipinski definition) is 0. The van der Waals surface area contributed by atoms with Crippen LogP contribution < -0.4 is 5.19 Å². The molecule has 1 aromatic rings. The van der Waals surface area contributed by atoms with Crippen molar-refractivity contribution in [2.24, 2.45) is 0 Å². The summed E-state index contributed by atoms with van der Waals surface area (Å²) in [5.74, 6) is 0. The van der Waals surface area contributed by atoms with Crippen molar-refractivity contribution in [3.05, 3.63) is 44.2 Å². The van der Waals surface area contributed by atoms with Crippen LogP contribution in [0.15, 0.2) is 30.3 Å². The summed E-state index contributed by atoms with van der Waals surface area (Å²) in [7, 11) is -1.58. The number of hydrogen-bond acceptors (Lipinski definition) is 0. The molecule has 1 rings (SSSR count). The van der Waals surface area contributed by atoms with Crippen LogP contribution in [0.1, 0.15) is 39.5 Å². The topological polar surface area (TPSA) is 0 Å². The SMILES string of the molecule is Cl[SiH](Cl)c1ccccc1.[CH2-]CCC.[CH2-]CCC.[Zn+2]. The molecule has 0 nitrogen and oxygen atoms in total. The van der Waals surface area contributed by atoms with E-state index in [9.17, 15) is 0 Å². The van der Waals surface area contributed by atoms with Gasteiger partial charge in [0.1, 0.15) is 0 Å². The van der Waals surface area contributed by atoms with E-state index in [2.05, 4.69) is 27.7 Å². The molecule has 18 heavy (non-hydrogen) atoms. The summed E-state index contributed by atoms with van der Waals surface area (Å²) in [5, 5.41) is 1.08. The molecule has 0 saturated carbocycles. The van der Waals surface area contributed by atoms with E-state index in [0.29, 0.717) is 0 Å². The second-order valence-corrected chi connectivity index (χ2v) is 7.98. The third-order valence-corrected chi connectivity index (χ3v) is 4.16. The molecule has 0 heterocycles. The van der Waals surface area contributed by atoms with Gasteiger partial charge in [0.05, 0.1) is 0 Å². The third kappa shape index (κ3) is 19.0. The van der Waals surface area contributed by atoms with E-state index in [-0.39, 0.29) is 19.5 Å². The van der Waals surface area contributed by atoms with Gasteiger partial charge in [0, 0.05) is 0 Å². The first-order valence-electron chi connectivity index (χ1n) is 6.05. The minimum Gasteiger partial charge on any atom is -0.343 e. The molecule has 0 radical (unpaired) electrons. The van der Waals surface area contributed by atoms with Gasteiger partial charge in [0.25, 0.3) is 7.42 Å². The number of benzene rings is 1. The summed E-state index contributed by atoms with van der Waals surface area (Å²) in [4.78, 5) is 0. The van der Waals surface area contributed by atoms with Crippen molar-refractivity contribution >= 4 is 34.8 Å². The summed E-state index contributed by atoms with van der Waals surface area (Å²) in [5.41, 5.74) is 0. The summed E-state index contributed by atoms with van der Waals surface area (Å²) in [6.45, 7) is 11.4. The first-order valence-corrected chi connectivity index (χ1v) is 10.1. The molecule has 0 aromatic heterocycles. The summed E-state index contributed by atoms with van der Waals surface area (Å²) >= 11 is 11.4. The molecule has 4 heteroatoms. The van der Waals surface area contributed by atoms with Crippen molar-refractivity contribution in [3.63, 3.8) is 0 Å². The average molecular weight is 357 g/mol. The summed E-state index contributed by atoms with van der Waals surface area (Å²) < 4.78 is 0. The standard InChI is InChI=1S/C6H6Cl2Si.2C4H9.Zn/c7-9(8)6-4-2-1-3-5-6;2*1-3-4-2;/h1-5,9H;2*1,3-4H2,2H3;/q;2*-1;+2. The van der Waals surface area contributed by atoms with E-state index >= 15 is 0 Å². The fourth-order valence-corrected chi connectivity index (χ4v) is 1.98. The van der Waals surface area contributed by atoms with E-state index in [0.717, 1.165) is 18.0 Å². The second-order valence-electron chi connectivity index (χ2n) is 3.42. The Hall–Kier alpha value is 0.640. The summed E-state index contributed by atoms with van der Waals surface area (Å²) in [6, 6.07) is 9.75. The Labute approximate surface area is 137 Å². The van der Waals surface area contributed by atoms with Crippen molar-refractivity contribution in [2.45, 2.75) is 39.5 Å². The van der Waals surface area contributed by atoms with Gasteiger partial charge in [-0.25, -0.2) is 0 Å². The third-order valence-electron chi connectivity index (χ3n) is 1.76. The zero-order valence-corrected chi connectivity index (χ0v) is 17.3. The van der Waals surface area contributed by atoms with Gasteiger partial charge < -0.3 is 13.8 Å². The van der Waals surface area contributed by atoms with Crippen LogP contribution in [0.3, 0.4) is 0 Å². The molecule has 0 aliphatic carbocycles.